The highest BCUT2D eigenvalue weighted by Gasteiger charge is 2.20. The third kappa shape index (κ3) is 2.90. The number of pyridine rings is 1. The van der Waals surface area contributed by atoms with E-state index in [9.17, 15) is 0 Å². The number of rotatable bonds is 3. The maximum atomic E-state index is 4.49. The summed E-state index contributed by atoms with van der Waals surface area (Å²) in [5.41, 5.74) is 0.861. The maximum absolute atomic E-state index is 4.49. The Kier molecular flexibility index (Phi) is 3.70. The summed E-state index contributed by atoms with van der Waals surface area (Å²) in [5.74, 6) is 1.35. The van der Waals surface area contributed by atoms with E-state index in [0.29, 0.717) is 17.9 Å². The highest BCUT2D eigenvalue weighted by molar-refractivity contribution is 9.10. The molecule has 2 aromatic rings. The molecule has 0 aromatic carbocycles. The monoisotopic (exact) mass is 323 g/mol. The highest BCUT2D eigenvalue weighted by Crippen LogP contribution is 2.18. The average Bonchev–Trinajstić information content (AvgIpc) is 2.81. The molecule has 2 aromatic heterocycles. The average molecular weight is 324 g/mol. The number of anilines is 1. The molecule has 19 heavy (non-hydrogen) atoms. The molecule has 1 saturated heterocycles. The molecule has 1 aliphatic heterocycles. The largest absolute Gasteiger partial charge is 0.350 e. The minimum atomic E-state index is 0.383. The molecule has 0 aliphatic carbocycles. The number of halogens is 1. The molecule has 3 rings (SSSR count). The first-order valence-electron chi connectivity index (χ1n) is 6.71. The lowest BCUT2D eigenvalue weighted by Gasteiger charge is -2.28. The zero-order valence-corrected chi connectivity index (χ0v) is 12.5. The lowest BCUT2D eigenvalue weighted by atomic mass is 9.93. The molecule has 0 radical (unpaired) electrons. The number of piperidine rings is 1. The molecule has 2 atom stereocenters. The Hall–Kier alpha value is -1.14. The second kappa shape index (κ2) is 5.46. The van der Waals surface area contributed by atoms with Crippen molar-refractivity contribution in [1.82, 2.24) is 19.9 Å². The van der Waals surface area contributed by atoms with Crippen LogP contribution in [0.25, 0.3) is 5.65 Å². The van der Waals surface area contributed by atoms with Crippen molar-refractivity contribution in [3.63, 3.8) is 0 Å². The summed E-state index contributed by atoms with van der Waals surface area (Å²) in [4.78, 5) is 4.49. The molecule has 0 saturated carbocycles. The molecular weight excluding hydrogens is 306 g/mol. The molecule has 6 heteroatoms. The Bertz CT molecular complexity index is 561. The summed E-state index contributed by atoms with van der Waals surface area (Å²) in [5, 5.41) is 11.3. The van der Waals surface area contributed by atoms with Crippen molar-refractivity contribution in [3.05, 3.63) is 22.8 Å². The predicted octanol–water partition coefficient (Wildman–Crippen LogP) is 2.29. The van der Waals surface area contributed by atoms with Crippen LogP contribution in [0.1, 0.15) is 19.8 Å². The van der Waals surface area contributed by atoms with Crippen molar-refractivity contribution in [2.45, 2.75) is 25.8 Å². The lowest BCUT2D eigenvalue weighted by Crippen LogP contribution is -2.39. The van der Waals surface area contributed by atoms with Gasteiger partial charge in [0.1, 0.15) is 0 Å². The zero-order chi connectivity index (χ0) is 13.2. The first kappa shape index (κ1) is 12.9. The second-order valence-corrected chi connectivity index (χ2v) is 6.04. The van der Waals surface area contributed by atoms with E-state index in [4.69, 9.17) is 0 Å². The van der Waals surface area contributed by atoms with Gasteiger partial charge >= 0.3 is 0 Å². The normalized spacial score (nSPS) is 21.5. The summed E-state index contributed by atoms with van der Waals surface area (Å²) in [6.07, 6.45) is 4.43. The number of nitrogens with zero attached hydrogens (tertiary/aromatic N) is 3. The van der Waals surface area contributed by atoms with Crippen molar-refractivity contribution in [3.8, 4) is 0 Å². The predicted molar refractivity (Wildman–Crippen MR) is 79.4 cm³/mol. The van der Waals surface area contributed by atoms with Gasteiger partial charge < -0.3 is 10.6 Å². The van der Waals surface area contributed by atoms with E-state index < -0.39 is 0 Å². The Morgan fingerprint density at radius 2 is 2.42 bits per heavy atom. The standard InChI is InChI=1S/C13H18BrN5/c1-9(10-3-2-6-15-7-10)16-13-17-12-5-4-11(14)8-19(12)18-13/h4-5,8-10,15H,2-3,6-7H2,1H3,(H,16,18). The van der Waals surface area contributed by atoms with Crippen molar-refractivity contribution in [2.75, 3.05) is 18.4 Å². The van der Waals surface area contributed by atoms with E-state index in [1.165, 1.54) is 12.8 Å². The Morgan fingerprint density at radius 1 is 1.53 bits per heavy atom. The van der Waals surface area contributed by atoms with E-state index in [1.54, 1.807) is 4.52 Å². The molecule has 0 bridgehead atoms. The van der Waals surface area contributed by atoms with Crippen LogP contribution in [0.2, 0.25) is 0 Å². The summed E-state index contributed by atoms with van der Waals surface area (Å²) in [6, 6.07) is 4.31. The van der Waals surface area contributed by atoms with Crippen molar-refractivity contribution >= 4 is 27.5 Å². The van der Waals surface area contributed by atoms with Gasteiger partial charge in [-0.15, -0.1) is 5.10 Å². The first-order chi connectivity index (χ1) is 9.22. The number of nitrogens with one attached hydrogen (secondary N) is 2. The van der Waals surface area contributed by atoms with Crippen LogP contribution in [0.3, 0.4) is 0 Å². The van der Waals surface area contributed by atoms with Gasteiger partial charge in [-0.3, -0.25) is 0 Å². The Labute approximate surface area is 120 Å². The van der Waals surface area contributed by atoms with E-state index in [1.807, 2.05) is 18.3 Å². The van der Waals surface area contributed by atoms with Crippen molar-refractivity contribution in [2.24, 2.45) is 5.92 Å². The van der Waals surface area contributed by atoms with Gasteiger partial charge in [0.2, 0.25) is 5.95 Å². The lowest BCUT2D eigenvalue weighted by molar-refractivity contribution is 0.346. The topological polar surface area (TPSA) is 54.2 Å². The number of fused-ring (bicyclic) bond motifs is 1. The summed E-state index contributed by atoms with van der Waals surface area (Å²) < 4.78 is 2.79. The fourth-order valence-corrected chi connectivity index (χ4v) is 2.87. The molecule has 3 heterocycles. The van der Waals surface area contributed by atoms with Gasteiger partial charge in [0, 0.05) is 16.7 Å². The van der Waals surface area contributed by atoms with Crippen LogP contribution in [0.4, 0.5) is 5.95 Å². The fraction of sp³-hybridized carbons (Fsp3) is 0.538. The van der Waals surface area contributed by atoms with Gasteiger partial charge in [-0.25, -0.2) is 4.52 Å². The quantitative estimate of drug-likeness (QED) is 0.910. The minimum Gasteiger partial charge on any atom is -0.350 e. The van der Waals surface area contributed by atoms with Crippen molar-refractivity contribution < 1.29 is 0 Å². The minimum absolute atomic E-state index is 0.383. The summed E-state index contributed by atoms with van der Waals surface area (Å²) >= 11 is 3.44. The summed E-state index contributed by atoms with van der Waals surface area (Å²) in [7, 11) is 0. The second-order valence-electron chi connectivity index (χ2n) is 5.12. The molecule has 2 N–H and O–H groups in total. The zero-order valence-electron chi connectivity index (χ0n) is 10.9. The maximum Gasteiger partial charge on any atom is 0.243 e. The third-order valence-electron chi connectivity index (χ3n) is 3.69. The molecule has 0 spiro atoms. The van der Waals surface area contributed by atoms with Crippen LogP contribution in [0.5, 0.6) is 0 Å². The summed E-state index contributed by atoms with van der Waals surface area (Å²) in [6.45, 7) is 4.43. The Balaban J connectivity index is 1.73. The molecule has 5 nitrogen and oxygen atoms in total. The SMILES string of the molecule is CC(Nc1nc2ccc(Br)cn2n1)C1CCCNC1. The first-order valence-corrected chi connectivity index (χ1v) is 7.51. The van der Waals surface area contributed by atoms with Gasteiger partial charge in [-0.05, 0) is 66.8 Å². The molecule has 1 fully saturated rings. The molecule has 0 amide bonds. The van der Waals surface area contributed by atoms with Crippen LogP contribution in [0.15, 0.2) is 22.8 Å². The Morgan fingerprint density at radius 3 is 3.21 bits per heavy atom. The van der Waals surface area contributed by atoms with E-state index in [-0.39, 0.29) is 0 Å². The third-order valence-corrected chi connectivity index (χ3v) is 4.16. The van der Waals surface area contributed by atoms with Crippen LogP contribution >= 0.6 is 15.9 Å². The van der Waals surface area contributed by atoms with Gasteiger partial charge in [-0.2, -0.15) is 4.98 Å². The van der Waals surface area contributed by atoms with E-state index in [2.05, 4.69) is 43.6 Å². The van der Waals surface area contributed by atoms with Gasteiger partial charge in [0.25, 0.3) is 0 Å². The molecular formula is C13H18BrN5. The number of aromatic nitrogens is 3. The van der Waals surface area contributed by atoms with E-state index in [0.717, 1.165) is 23.2 Å². The van der Waals surface area contributed by atoms with Crippen LogP contribution in [-0.4, -0.2) is 33.7 Å². The molecule has 2 unspecified atom stereocenters. The van der Waals surface area contributed by atoms with Gasteiger partial charge in [-0.1, -0.05) is 0 Å². The van der Waals surface area contributed by atoms with Gasteiger partial charge in [0.15, 0.2) is 5.65 Å². The molecule has 1 aliphatic rings. The highest BCUT2D eigenvalue weighted by atomic mass is 79.9. The fourth-order valence-electron chi connectivity index (χ4n) is 2.55. The van der Waals surface area contributed by atoms with Crippen molar-refractivity contribution in [1.29, 1.82) is 0 Å². The number of hydrogen-bond donors (Lipinski definition) is 2. The molecule has 102 valence electrons. The van der Waals surface area contributed by atoms with Crippen LogP contribution in [-0.2, 0) is 0 Å². The van der Waals surface area contributed by atoms with Gasteiger partial charge in [0.05, 0.1) is 0 Å². The number of hydrogen-bond acceptors (Lipinski definition) is 4. The van der Waals surface area contributed by atoms with Crippen LogP contribution in [0, 0.1) is 5.92 Å². The smallest absolute Gasteiger partial charge is 0.243 e. The van der Waals surface area contributed by atoms with Crippen LogP contribution < -0.4 is 10.6 Å². The van der Waals surface area contributed by atoms with E-state index >= 15 is 0 Å².